The summed E-state index contributed by atoms with van der Waals surface area (Å²) in [5.74, 6) is 0.974. The van der Waals surface area contributed by atoms with Gasteiger partial charge in [0.05, 0.1) is 43.5 Å². The first kappa shape index (κ1) is 37.4. The zero-order valence-electron chi connectivity index (χ0n) is 28.6. The van der Waals surface area contributed by atoms with Crippen LogP contribution in [-0.2, 0) is 17.3 Å². The second-order valence-electron chi connectivity index (χ2n) is 12.6. The lowest BCUT2D eigenvalue weighted by Crippen LogP contribution is -2.55. The summed E-state index contributed by atoms with van der Waals surface area (Å²) in [5, 5.41) is 3.14. The van der Waals surface area contributed by atoms with Crippen LogP contribution in [0, 0.1) is 0 Å². The number of amides is 1. The van der Waals surface area contributed by atoms with E-state index in [-0.39, 0.29) is 21.7 Å². The molecule has 3 aromatic rings. The fourth-order valence-corrected chi connectivity index (χ4v) is 7.29. The second-order valence-corrected chi connectivity index (χ2v) is 13.4. The van der Waals surface area contributed by atoms with Crippen molar-refractivity contribution in [2.24, 2.45) is 5.73 Å². The number of ether oxygens (including phenoxy) is 3. The van der Waals surface area contributed by atoms with Gasteiger partial charge in [-0.05, 0) is 107 Å². The molecule has 3 N–H and O–H groups in total. The third kappa shape index (κ3) is 8.76. The monoisotopic (exact) mass is 688 g/mol. The number of likely N-dealkylation sites (N-methyl/N-ethyl adjacent to an activating group) is 2. The van der Waals surface area contributed by atoms with Gasteiger partial charge in [-0.3, -0.25) is 4.79 Å². The Balaban J connectivity index is 0.000000271. The number of carbonyl (C=O) groups is 1. The zero-order valence-corrected chi connectivity index (χ0v) is 29.4. The predicted molar refractivity (Wildman–Crippen MR) is 184 cm³/mol. The average Bonchev–Trinajstić information content (AvgIpc) is 3.07. The van der Waals surface area contributed by atoms with Gasteiger partial charge >= 0.3 is 6.18 Å². The largest absolute Gasteiger partial charge is 0.497 e. The minimum absolute atomic E-state index is 0.100. The molecule has 2 atom stereocenters. The van der Waals surface area contributed by atoms with Crippen molar-refractivity contribution in [2.45, 2.75) is 47.8 Å². The maximum atomic E-state index is 13.5. The van der Waals surface area contributed by atoms with Crippen molar-refractivity contribution in [3.8, 4) is 17.2 Å². The summed E-state index contributed by atoms with van der Waals surface area (Å²) in [5.41, 5.74) is 6.87. The van der Waals surface area contributed by atoms with Crippen LogP contribution < -0.4 is 25.3 Å². The van der Waals surface area contributed by atoms with Crippen LogP contribution >= 0.6 is 11.8 Å². The number of nitrogens with one attached hydrogen (secondary N) is 1. The molecule has 0 spiro atoms. The van der Waals surface area contributed by atoms with E-state index in [1.807, 2.05) is 43.4 Å². The highest BCUT2D eigenvalue weighted by Crippen LogP contribution is 2.40. The summed E-state index contributed by atoms with van der Waals surface area (Å²) in [6.45, 7) is 3.51. The first-order valence-electron chi connectivity index (χ1n) is 15.9. The molecule has 2 aliphatic heterocycles. The number of hydrogen-bond donors (Lipinski definition) is 2. The van der Waals surface area contributed by atoms with Gasteiger partial charge in [0.15, 0.2) is 0 Å². The normalized spacial score (nSPS) is 21.9. The lowest BCUT2D eigenvalue weighted by molar-refractivity contribution is -0.137. The number of benzene rings is 3. The highest BCUT2D eigenvalue weighted by molar-refractivity contribution is 7.98. The van der Waals surface area contributed by atoms with E-state index >= 15 is 0 Å². The number of alkyl halides is 3. The van der Waals surface area contributed by atoms with Crippen LogP contribution in [0.2, 0.25) is 0 Å². The number of carbonyl (C=O) groups excluding carboxylic acids is 1. The summed E-state index contributed by atoms with van der Waals surface area (Å²) in [6, 6.07) is 17.5. The Morgan fingerprint density at radius 2 is 1.44 bits per heavy atom. The summed E-state index contributed by atoms with van der Waals surface area (Å²) in [4.78, 5) is 18.2. The minimum Gasteiger partial charge on any atom is -0.497 e. The van der Waals surface area contributed by atoms with E-state index in [0.717, 1.165) is 74.1 Å². The molecule has 0 aliphatic carbocycles. The Morgan fingerprint density at radius 3 is 1.98 bits per heavy atom. The van der Waals surface area contributed by atoms with E-state index < -0.39 is 23.2 Å². The Morgan fingerprint density at radius 1 is 0.854 bits per heavy atom. The fraction of sp³-hybridized carbons (Fsp3) is 0.472. The van der Waals surface area contributed by atoms with E-state index in [4.69, 9.17) is 19.9 Å². The number of nitrogens with zero attached hydrogens (tertiary/aromatic N) is 2. The first-order chi connectivity index (χ1) is 22.8. The van der Waals surface area contributed by atoms with Crippen LogP contribution in [-0.4, -0.2) is 83.6 Å². The van der Waals surface area contributed by atoms with E-state index in [9.17, 15) is 18.0 Å². The third-order valence-electron chi connectivity index (χ3n) is 9.08. The maximum absolute atomic E-state index is 13.5. The van der Waals surface area contributed by atoms with Gasteiger partial charge in [-0.15, -0.1) is 11.8 Å². The molecule has 0 bridgehead atoms. The molecule has 3 aromatic carbocycles. The van der Waals surface area contributed by atoms with E-state index in [1.54, 1.807) is 20.5 Å². The number of likely N-dealkylation sites (tertiary alicyclic amines) is 2. The van der Waals surface area contributed by atoms with Crippen LogP contribution in [0.25, 0.3) is 0 Å². The lowest BCUT2D eigenvalue weighted by atomic mass is 9.82. The van der Waals surface area contributed by atoms with Crippen LogP contribution in [0.4, 0.5) is 13.2 Å². The summed E-state index contributed by atoms with van der Waals surface area (Å²) < 4.78 is 55.9. The quantitative estimate of drug-likeness (QED) is 0.264. The van der Waals surface area contributed by atoms with Crippen LogP contribution in [0.5, 0.6) is 17.2 Å². The molecule has 2 aliphatic rings. The summed E-state index contributed by atoms with van der Waals surface area (Å²) >= 11 is 1.08. The van der Waals surface area contributed by atoms with Gasteiger partial charge in [0.1, 0.15) is 17.2 Å². The molecule has 2 unspecified atom stereocenters. The summed E-state index contributed by atoms with van der Waals surface area (Å²) in [7, 11) is 8.64. The molecular formula is C36H47F3N4O4S. The number of methoxy groups -OCH3 is 3. The Labute approximate surface area is 286 Å². The molecule has 8 nitrogen and oxygen atoms in total. The minimum atomic E-state index is -4.54. The van der Waals surface area contributed by atoms with Gasteiger partial charge in [-0.25, -0.2) is 0 Å². The SMILES string of the molecule is COc1cccc(C2(N)CCCN(C)C2)c1.COc1cccc(C2(NC(=O)c3c(OC)cc(C(F)(F)F)cc3SC)CCCN(C)C2)c1. The van der Waals surface area contributed by atoms with Crippen molar-refractivity contribution in [3.63, 3.8) is 0 Å². The fourth-order valence-electron chi connectivity index (χ4n) is 6.65. The zero-order chi connectivity index (χ0) is 35.1. The van der Waals surface area contributed by atoms with Gasteiger partial charge in [-0.1, -0.05) is 24.3 Å². The Kier molecular flexibility index (Phi) is 12.3. The highest BCUT2D eigenvalue weighted by Gasteiger charge is 2.40. The van der Waals surface area contributed by atoms with Crippen molar-refractivity contribution in [3.05, 3.63) is 82.9 Å². The number of piperidine rings is 2. The molecule has 2 heterocycles. The van der Waals surface area contributed by atoms with Gasteiger partial charge in [0, 0.05) is 18.0 Å². The molecule has 262 valence electrons. The molecule has 12 heteroatoms. The number of thioether (sulfide) groups is 1. The molecule has 1 amide bonds. The predicted octanol–water partition coefficient (Wildman–Crippen LogP) is 6.37. The van der Waals surface area contributed by atoms with Crippen molar-refractivity contribution in [1.29, 1.82) is 0 Å². The highest BCUT2D eigenvalue weighted by atomic mass is 32.2. The molecular weight excluding hydrogens is 641 g/mol. The van der Waals surface area contributed by atoms with E-state index in [0.29, 0.717) is 18.7 Å². The van der Waals surface area contributed by atoms with Gasteiger partial charge in [-0.2, -0.15) is 13.2 Å². The summed E-state index contributed by atoms with van der Waals surface area (Å²) in [6.07, 6.45) is 0.842. The van der Waals surface area contributed by atoms with Crippen molar-refractivity contribution in [1.82, 2.24) is 15.1 Å². The Bertz CT molecular complexity index is 1530. The van der Waals surface area contributed by atoms with Gasteiger partial charge < -0.3 is 35.1 Å². The molecule has 2 fully saturated rings. The van der Waals surface area contributed by atoms with Crippen LogP contribution in [0.15, 0.2) is 65.6 Å². The molecule has 2 saturated heterocycles. The number of hydrogen-bond acceptors (Lipinski definition) is 8. The third-order valence-corrected chi connectivity index (χ3v) is 9.84. The maximum Gasteiger partial charge on any atom is 0.416 e. The molecule has 48 heavy (non-hydrogen) atoms. The van der Waals surface area contributed by atoms with Gasteiger partial charge in [0.25, 0.3) is 5.91 Å². The van der Waals surface area contributed by atoms with E-state index in [2.05, 4.69) is 34.3 Å². The van der Waals surface area contributed by atoms with Gasteiger partial charge in [0.2, 0.25) is 0 Å². The van der Waals surface area contributed by atoms with E-state index in [1.165, 1.54) is 12.7 Å². The average molecular weight is 689 g/mol. The molecule has 0 saturated carbocycles. The second kappa shape index (κ2) is 15.8. The molecule has 5 rings (SSSR count). The van der Waals surface area contributed by atoms with Crippen molar-refractivity contribution < 1.29 is 32.2 Å². The van der Waals surface area contributed by atoms with Crippen molar-refractivity contribution >= 4 is 17.7 Å². The van der Waals surface area contributed by atoms with Crippen molar-refractivity contribution in [2.75, 3.05) is 67.9 Å². The number of rotatable bonds is 8. The first-order valence-corrected chi connectivity index (χ1v) is 17.1. The lowest BCUT2D eigenvalue weighted by Gasteiger charge is -2.43. The number of halogens is 3. The molecule has 0 aromatic heterocycles. The Hall–Kier alpha value is -3.45. The topological polar surface area (TPSA) is 89.3 Å². The standard InChI is InChI=1S/C23H27F3N2O3S.C13H20N2O/c1-28-10-6-9-22(14-28,15-7-5-8-17(11-15)30-2)27-21(29)20-18(31-3)12-16(23(24,25)26)13-19(20)32-4;1-15-8-4-7-13(14,10-15)11-5-3-6-12(9-11)16-2/h5,7-8,11-13H,6,9-10,14H2,1-4H3,(H,27,29);3,5-6,9H,4,7-8,10,14H2,1-2H3. The van der Waals surface area contributed by atoms with Crippen LogP contribution in [0.3, 0.4) is 0 Å². The smallest absolute Gasteiger partial charge is 0.416 e. The van der Waals surface area contributed by atoms with Crippen LogP contribution in [0.1, 0.15) is 52.7 Å². The number of nitrogens with two attached hydrogens (primary N) is 1. The molecule has 0 radical (unpaired) electrons.